The highest BCUT2D eigenvalue weighted by molar-refractivity contribution is 4.92. The molecule has 0 bridgehead atoms. The summed E-state index contributed by atoms with van der Waals surface area (Å²) in [6, 6.07) is 0. The zero-order valence-corrected chi connectivity index (χ0v) is 11.5. The van der Waals surface area contributed by atoms with Crippen LogP contribution in [0.2, 0.25) is 0 Å². The van der Waals surface area contributed by atoms with Crippen molar-refractivity contribution in [3.8, 4) is 0 Å². The molecule has 0 aromatic carbocycles. The molecular weight excluding hydrogens is 214 g/mol. The Morgan fingerprint density at radius 2 is 1.94 bits per heavy atom. The van der Waals surface area contributed by atoms with Crippen molar-refractivity contribution < 1.29 is 4.74 Å². The summed E-state index contributed by atoms with van der Waals surface area (Å²) in [7, 11) is 0. The van der Waals surface area contributed by atoms with Gasteiger partial charge in [-0.15, -0.1) is 5.10 Å². The van der Waals surface area contributed by atoms with E-state index in [-0.39, 0.29) is 0 Å². The van der Waals surface area contributed by atoms with Gasteiger partial charge >= 0.3 is 0 Å². The number of ether oxygens (including phenoxy) is 1. The van der Waals surface area contributed by atoms with Crippen molar-refractivity contribution in [2.24, 2.45) is 11.8 Å². The standard InChI is InChI=1S/C13H25N3O/c1-11(2)5-7-17-8-6-16-10-13(14-15-16)9-12(3)4/h10-12H,5-9H2,1-4H3. The zero-order valence-electron chi connectivity index (χ0n) is 11.5. The maximum Gasteiger partial charge on any atom is 0.0829 e. The van der Waals surface area contributed by atoms with Crippen molar-refractivity contribution in [2.45, 2.75) is 47.1 Å². The minimum Gasteiger partial charge on any atom is -0.380 e. The van der Waals surface area contributed by atoms with Gasteiger partial charge in [0.2, 0.25) is 0 Å². The lowest BCUT2D eigenvalue weighted by molar-refractivity contribution is 0.113. The fourth-order valence-electron chi connectivity index (χ4n) is 1.54. The number of aromatic nitrogens is 3. The molecule has 4 nitrogen and oxygen atoms in total. The first-order valence-electron chi connectivity index (χ1n) is 6.54. The van der Waals surface area contributed by atoms with Crippen molar-refractivity contribution in [1.82, 2.24) is 15.0 Å². The van der Waals surface area contributed by atoms with Crippen LogP contribution in [-0.2, 0) is 17.7 Å². The van der Waals surface area contributed by atoms with Gasteiger partial charge in [-0.25, -0.2) is 4.68 Å². The Morgan fingerprint density at radius 3 is 2.59 bits per heavy atom. The molecule has 0 saturated heterocycles. The lowest BCUT2D eigenvalue weighted by Gasteiger charge is -2.05. The summed E-state index contributed by atoms with van der Waals surface area (Å²) in [5, 5.41) is 8.23. The van der Waals surface area contributed by atoms with Gasteiger partial charge in [-0.3, -0.25) is 0 Å². The van der Waals surface area contributed by atoms with Crippen molar-refractivity contribution >= 4 is 0 Å². The second kappa shape index (κ2) is 7.43. The van der Waals surface area contributed by atoms with Gasteiger partial charge in [0.25, 0.3) is 0 Å². The first kappa shape index (κ1) is 14.2. The smallest absolute Gasteiger partial charge is 0.0829 e. The summed E-state index contributed by atoms with van der Waals surface area (Å²) in [5.74, 6) is 1.33. The molecule has 4 heteroatoms. The fourth-order valence-corrected chi connectivity index (χ4v) is 1.54. The van der Waals surface area contributed by atoms with Gasteiger partial charge in [0.15, 0.2) is 0 Å². The Morgan fingerprint density at radius 1 is 1.18 bits per heavy atom. The van der Waals surface area contributed by atoms with E-state index in [4.69, 9.17) is 4.74 Å². The van der Waals surface area contributed by atoms with Crippen molar-refractivity contribution in [3.05, 3.63) is 11.9 Å². The van der Waals surface area contributed by atoms with E-state index in [1.165, 1.54) is 0 Å². The van der Waals surface area contributed by atoms with E-state index in [0.717, 1.165) is 38.3 Å². The van der Waals surface area contributed by atoms with Crippen LogP contribution in [0.15, 0.2) is 6.20 Å². The number of hydrogen-bond donors (Lipinski definition) is 0. The maximum atomic E-state index is 5.55. The van der Waals surface area contributed by atoms with Gasteiger partial charge in [0.1, 0.15) is 0 Å². The third-order valence-electron chi connectivity index (χ3n) is 2.51. The van der Waals surface area contributed by atoms with E-state index in [1.54, 1.807) is 0 Å². The van der Waals surface area contributed by atoms with Gasteiger partial charge in [0.05, 0.1) is 18.8 Å². The number of rotatable bonds is 8. The lowest BCUT2D eigenvalue weighted by atomic mass is 10.1. The Hall–Kier alpha value is -0.900. The summed E-state index contributed by atoms with van der Waals surface area (Å²) in [4.78, 5) is 0. The molecule has 0 unspecified atom stereocenters. The lowest BCUT2D eigenvalue weighted by Crippen LogP contribution is -2.08. The average molecular weight is 239 g/mol. The molecule has 17 heavy (non-hydrogen) atoms. The number of nitrogens with zero attached hydrogens (tertiary/aromatic N) is 3. The Bertz CT molecular complexity index is 307. The molecule has 1 aromatic heterocycles. The molecule has 0 N–H and O–H groups in total. The molecular formula is C13H25N3O. The van der Waals surface area contributed by atoms with Gasteiger partial charge in [-0.2, -0.15) is 0 Å². The molecule has 0 atom stereocenters. The monoisotopic (exact) mass is 239 g/mol. The van der Waals surface area contributed by atoms with E-state index in [2.05, 4.69) is 38.0 Å². The molecule has 0 spiro atoms. The Balaban J connectivity index is 2.16. The topological polar surface area (TPSA) is 39.9 Å². The summed E-state index contributed by atoms with van der Waals surface area (Å²) in [6.07, 6.45) is 4.13. The van der Waals surface area contributed by atoms with Crippen LogP contribution in [0.3, 0.4) is 0 Å². The van der Waals surface area contributed by atoms with Crippen LogP contribution in [0, 0.1) is 11.8 Å². The first-order chi connectivity index (χ1) is 8.08. The van der Waals surface area contributed by atoms with E-state index in [9.17, 15) is 0 Å². The second-order valence-corrected chi connectivity index (χ2v) is 5.37. The predicted molar refractivity (Wildman–Crippen MR) is 68.8 cm³/mol. The molecule has 1 aromatic rings. The summed E-state index contributed by atoms with van der Waals surface area (Å²) in [5.41, 5.74) is 1.07. The molecule has 0 saturated carbocycles. The molecule has 1 heterocycles. The molecule has 0 radical (unpaired) electrons. The molecule has 1 rings (SSSR count). The van der Waals surface area contributed by atoms with Gasteiger partial charge in [-0.1, -0.05) is 32.9 Å². The van der Waals surface area contributed by atoms with Gasteiger partial charge in [0, 0.05) is 12.8 Å². The highest BCUT2D eigenvalue weighted by Gasteiger charge is 2.03. The van der Waals surface area contributed by atoms with E-state index in [0.29, 0.717) is 11.8 Å². The molecule has 0 fully saturated rings. The molecule has 0 aliphatic rings. The minimum absolute atomic E-state index is 0.627. The fraction of sp³-hybridized carbons (Fsp3) is 0.846. The highest BCUT2D eigenvalue weighted by Crippen LogP contribution is 2.03. The van der Waals surface area contributed by atoms with Crippen LogP contribution in [0.1, 0.15) is 39.8 Å². The average Bonchev–Trinajstić information content (AvgIpc) is 2.63. The minimum atomic E-state index is 0.627. The summed E-state index contributed by atoms with van der Waals surface area (Å²) >= 11 is 0. The van der Waals surface area contributed by atoms with Gasteiger partial charge in [-0.05, 0) is 24.7 Å². The van der Waals surface area contributed by atoms with Crippen LogP contribution in [0.5, 0.6) is 0 Å². The number of hydrogen-bond acceptors (Lipinski definition) is 3. The predicted octanol–water partition coefficient (Wildman–Crippen LogP) is 2.54. The van der Waals surface area contributed by atoms with Gasteiger partial charge < -0.3 is 4.74 Å². The SMILES string of the molecule is CC(C)CCOCCn1cc(CC(C)C)nn1. The Kier molecular flexibility index (Phi) is 6.19. The first-order valence-corrected chi connectivity index (χ1v) is 6.54. The summed E-state index contributed by atoms with van der Waals surface area (Å²) < 4.78 is 7.42. The van der Waals surface area contributed by atoms with Crippen molar-refractivity contribution in [2.75, 3.05) is 13.2 Å². The normalized spacial score (nSPS) is 11.6. The zero-order chi connectivity index (χ0) is 12.7. The summed E-state index contributed by atoms with van der Waals surface area (Å²) in [6.45, 7) is 11.1. The second-order valence-electron chi connectivity index (χ2n) is 5.37. The van der Waals surface area contributed by atoms with E-state index >= 15 is 0 Å². The maximum absolute atomic E-state index is 5.55. The van der Waals surface area contributed by atoms with Crippen LogP contribution >= 0.6 is 0 Å². The quantitative estimate of drug-likeness (QED) is 0.654. The molecule has 0 aliphatic carbocycles. The van der Waals surface area contributed by atoms with Crippen LogP contribution in [-0.4, -0.2) is 28.2 Å². The highest BCUT2D eigenvalue weighted by atomic mass is 16.5. The van der Waals surface area contributed by atoms with E-state index in [1.807, 2.05) is 10.9 Å². The largest absolute Gasteiger partial charge is 0.380 e. The Labute approximate surface area is 104 Å². The molecule has 0 aliphatic heterocycles. The van der Waals surface area contributed by atoms with Crippen molar-refractivity contribution in [1.29, 1.82) is 0 Å². The molecule has 0 amide bonds. The third kappa shape index (κ3) is 6.41. The van der Waals surface area contributed by atoms with Crippen LogP contribution < -0.4 is 0 Å². The van der Waals surface area contributed by atoms with E-state index < -0.39 is 0 Å². The third-order valence-corrected chi connectivity index (χ3v) is 2.51. The van der Waals surface area contributed by atoms with Crippen LogP contribution in [0.25, 0.3) is 0 Å². The van der Waals surface area contributed by atoms with Crippen molar-refractivity contribution in [3.63, 3.8) is 0 Å². The molecule has 98 valence electrons. The van der Waals surface area contributed by atoms with Crippen LogP contribution in [0.4, 0.5) is 0 Å².